The number of carboxylic acid groups (broad SMARTS) is 2. The molecule has 0 aromatic rings. The summed E-state index contributed by atoms with van der Waals surface area (Å²) >= 11 is 3.94. The summed E-state index contributed by atoms with van der Waals surface area (Å²) < 4.78 is 0. The van der Waals surface area contributed by atoms with E-state index in [-0.39, 0.29) is 5.75 Å². The third-order valence-corrected chi connectivity index (χ3v) is 3.96. The summed E-state index contributed by atoms with van der Waals surface area (Å²) in [5.74, 6) is -5.92. The summed E-state index contributed by atoms with van der Waals surface area (Å²) in [4.78, 5) is 57.9. The molecule has 0 radical (unpaired) electrons. The van der Waals surface area contributed by atoms with Crippen LogP contribution in [0.2, 0.25) is 0 Å². The minimum atomic E-state index is -1.50. The molecular formula is C15H26N4O8S. The van der Waals surface area contributed by atoms with Crippen molar-refractivity contribution in [3.8, 4) is 0 Å². The standard InChI is InChI=1S/C15H26N4O8S/c1-6(2)11(15(26)27)19-14(25)9(5-28)18-13(24)8(4-20)17-12(23)7(16)3-10(21)22/h6-9,11,20,28H,3-5,16H2,1-2H3,(H,17,23)(H,18,24)(H,19,25)(H,21,22)(H,26,27). The van der Waals surface area contributed by atoms with Crippen LogP contribution in [0.25, 0.3) is 0 Å². The first-order chi connectivity index (χ1) is 12.9. The van der Waals surface area contributed by atoms with Gasteiger partial charge in [0.25, 0.3) is 0 Å². The smallest absolute Gasteiger partial charge is 0.326 e. The fourth-order valence-electron chi connectivity index (χ4n) is 1.99. The minimum absolute atomic E-state index is 0.188. The molecule has 12 nitrogen and oxygen atoms in total. The molecule has 4 atom stereocenters. The van der Waals surface area contributed by atoms with E-state index >= 15 is 0 Å². The van der Waals surface area contributed by atoms with E-state index in [1.165, 1.54) is 0 Å². The summed E-state index contributed by atoms with van der Waals surface area (Å²) in [7, 11) is 0. The number of aliphatic hydroxyl groups is 1. The number of aliphatic carboxylic acids is 2. The second-order valence-corrected chi connectivity index (χ2v) is 6.63. The Morgan fingerprint density at radius 1 is 0.929 bits per heavy atom. The van der Waals surface area contributed by atoms with Crippen molar-refractivity contribution in [1.29, 1.82) is 0 Å². The van der Waals surface area contributed by atoms with E-state index < -0.39 is 72.8 Å². The summed E-state index contributed by atoms with van der Waals surface area (Å²) in [5, 5.41) is 33.6. The first-order valence-electron chi connectivity index (χ1n) is 8.27. The number of amides is 3. The average Bonchev–Trinajstić information content (AvgIpc) is 2.59. The molecule has 0 aliphatic rings. The number of carboxylic acids is 2. The largest absolute Gasteiger partial charge is 0.481 e. The lowest BCUT2D eigenvalue weighted by Gasteiger charge is -2.24. The van der Waals surface area contributed by atoms with Crippen molar-refractivity contribution in [1.82, 2.24) is 16.0 Å². The Bertz CT molecular complexity index is 601. The van der Waals surface area contributed by atoms with Crippen LogP contribution in [0.5, 0.6) is 0 Å². The minimum Gasteiger partial charge on any atom is -0.481 e. The third-order valence-electron chi connectivity index (χ3n) is 3.59. The molecule has 0 saturated heterocycles. The maximum atomic E-state index is 12.2. The lowest BCUT2D eigenvalue weighted by Crippen LogP contribution is -2.59. The molecule has 0 rings (SSSR count). The highest BCUT2D eigenvalue weighted by Crippen LogP contribution is 2.03. The second-order valence-electron chi connectivity index (χ2n) is 6.26. The highest BCUT2D eigenvalue weighted by Gasteiger charge is 2.30. The van der Waals surface area contributed by atoms with E-state index in [1.807, 2.05) is 0 Å². The molecule has 0 bridgehead atoms. The van der Waals surface area contributed by atoms with Gasteiger partial charge in [-0.25, -0.2) is 4.79 Å². The predicted molar refractivity (Wildman–Crippen MR) is 99.4 cm³/mol. The van der Waals surface area contributed by atoms with Crippen LogP contribution in [0.4, 0.5) is 0 Å². The normalized spacial score (nSPS) is 15.1. The van der Waals surface area contributed by atoms with Crippen molar-refractivity contribution >= 4 is 42.3 Å². The number of carbonyl (C=O) groups is 5. The highest BCUT2D eigenvalue weighted by molar-refractivity contribution is 7.80. The van der Waals surface area contributed by atoms with E-state index in [1.54, 1.807) is 13.8 Å². The van der Waals surface area contributed by atoms with Crippen LogP contribution in [0, 0.1) is 5.92 Å². The topological polar surface area (TPSA) is 208 Å². The lowest BCUT2D eigenvalue weighted by molar-refractivity contribution is -0.143. The third kappa shape index (κ3) is 8.54. The van der Waals surface area contributed by atoms with Gasteiger partial charge in [-0.2, -0.15) is 12.6 Å². The van der Waals surface area contributed by atoms with Gasteiger partial charge in [-0.1, -0.05) is 13.8 Å². The number of carbonyl (C=O) groups excluding carboxylic acids is 3. The number of rotatable bonds is 12. The fourth-order valence-corrected chi connectivity index (χ4v) is 2.24. The molecule has 0 heterocycles. The molecule has 0 aromatic carbocycles. The molecule has 0 spiro atoms. The Morgan fingerprint density at radius 2 is 1.43 bits per heavy atom. The molecule has 3 amide bonds. The molecule has 13 heteroatoms. The number of aliphatic hydroxyl groups excluding tert-OH is 1. The molecule has 160 valence electrons. The molecule has 8 N–H and O–H groups in total. The van der Waals surface area contributed by atoms with E-state index in [0.29, 0.717) is 0 Å². The van der Waals surface area contributed by atoms with Crippen molar-refractivity contribution in [3.63, 3.8) is 0 Å². The van der Waals surface area contributed by atoms with Crippen LogP contribution in [-0.2, 0) is 24.0 Å². The van der Waals surface area contributed by atoms with Gasteiger partial charge in [0.1, 0.15) is 18.1 Å². The predicted octanol–water partition coefficient (Wildman–Crippen LogP) is -3.09. The number of hydrogen-bond donors (Lipinski definition) is 8. The Balaban J connectivity index is 4.99. The molecule has 0 aliphatic carbocycles. The van der Waals surface area contributed by atoms with Crippen LogP contribution >= 0.6 is 12.6 Å². The maximum Gasteiger partial charge on any atom is 0.326 e. The zero-order valence-electron chi connectivity index (χ0n) is 15.4. The van der Waals surface area contributed by atoms with Crippen LogP contribution in [0.1, 0.15) is 20.3 Å². The average molecular weight is 422 g/mol. The lowest BCUT2D eigenvalue weighted by atomic mass is 10.0. The molecule has 0 aromatic heterocycles. The molecule has 0 saturated carbocycles. The van der Waals surface area contributed by atoms with E-state index in [0.717, 1.165) is 0 Å². The van der Waals surface area contributed by atoms with E-state index in [4.69, 9.17) is 15.9 Å². The summed E-state index contributed by atoms with van der Waals surface area (Å²) in [6.45, 7) is 2.33. The van der Waals surface area contributed by atoms with Crippen molar-refractivity contribution < 1.29 is 39.3 Å². The van der Waals surface area contributed by atoms with Crippen molar-refractivity contribution in [2.45, 2.75) is 44.4 Å². The van der Waals surface area contributed by atoms with Crippen molar-refractivity contribution in [2.75, 3.05) is 12.4 Å². The van der Waals surface area contributed by atoms with Gasteiger partial charge in [0.05, 0.1) is 19.1 Å². The molecule has 0 fully saturated rings. The molecule has 28 heavy (non-hydrogen) atoms. The van der Waals surface area contributed by atoms with E-state index in [9.17, 15) is 29.1 Å². The van der Waals surface area contributed by atoms with Crippen LogP contribution in [0.15, 0.2) is 0 Å². The first kappa shape index (κ1) is 25.6. The number of hydrogen-bond acceptors (Lipinski definition) is 8. The zero-order valence-corrected chi connectivity index (χ0v) is 16.3. The Labute approximate surface area is 166 Å². The second kappa shape index (κ2) is 12.2. The molecular weight excluding hydrogens is 396 g/mol. The zero-order chi connectivity index (χ0) is 22.0. The first-order valence-corrected chi connectivity index (χ1v) is 8.90. The summed E-state index contributed by atoms with van der Waals surface area (Å²) in [6.07, 6.45) is -0.681. The number of nitrogens with two attached hydrogens (primary N) is 1. The van der Waals surface area contributed by atoms with E-state index in [2.05, 4.69) is 28.6 Å². The molecule has 4 unspecified atom stereocenters. The van der Waals surface area contributed by atoms with Gasteiger partial charge in [-0.3, -0.25) is 19.2 Å². The van der Waals surface area contributed by atoms with Gasteiger partial charge in [-0.15, -0.1) is 0 Å². The van der Waals surface area contributed by atoms with Gasteiger partial charge < -0.3 is 37.0 Å². The van der Waals surface area contributed by atoms with Crippen LogP contribution in [-0.4, -0.2) is 81.5 Å². The van der Waals surface area contributed by atoms with Crippen LogP contribution in [0.3, 0.4) is 0 Å². The van der Waals surface area contributed by atoms with Gasteiger partial charge >= 0.3 is 11.9 Å². The summed E-state index contributed by atoms with van der Waals surface area (Å²) in [5.41, 5.74) is 5.37. The number of nitrogens with one attached hydrogen (secondary N) is 3. The van der Waals surface area contributed by atoms with Gasteiger partial charge in [0, 0.05) is 5.75 Å². The van der Waals surface area contributed by atoms with Gasteiger partial charge in [0.2, 0.25) is 17.7 Å². The maximum absolute atomic E-state index is 12.2. The van der Waals surface area contributed by atoms with Gasteiger partial charge in [0.15, 0.2) is 0 Å². The Kier molecular flexibility index (Phi) is 11.1. The fraction of sp³-hybridized carbons (Fsp3) is 0.667. The SMILES string of the molecule is CC(C)C(NC(=O)C(CS)NC(=O)C(CO)NC(=O)C(N)CC(=O)O)C(=O)O. The van der Waals surface area contributed by atoms with Crippen molar-refractivity contribution in [2.24, 2.45) is 11.7 Å². The van der Waals surface area contributed by atoms with Crippen molar-refractivity contribution in [3.05, 3.63) is 0 Å². The van der Waals surface area contributed by atoms with Gasteiger partial charge in [-0.05, 0) is 5.92 Å². The quantitative estimate of drug-likeness (QED) is 0.150. The number of thiol groups is 1. The highest BCUT2D eigenvalue weighted by atomic mass is 32.1. The molecule has 0 aliphatic heterocycles. The Morgan fingerprint density at radius 3 is 1.82 bits per heavy atom. The summed E-state index contributed by atoms with van der Waals surface area (Å²) in [6, 6.07) is -5.36. The van der Waals surface area contributed by atoms with Crippen LogP contribution < -0.4 is 21.7 Å². The Hall–Kier alpha value is -2.38. The monoisotopic (exact) mass is 422 g/mol.